The highest BCUT2D eigenvalue weighted by atomic mass is 19.3. The van der Waals surface area contributed by atoms with Gasteiger partial charge in [0.2, 0.25) is 11.5 Å². The highest BCUT2D eigenvalue weighted by molar-refractivity contribution is 5.72. The Balaban J connectivity index is 3.29. The summed E-state index contributed by atoms with van der Waals surface area (Å²) in [6, 6.07) is 0.490. The van der Waals surface area contributed by atoms with Gasteiger partial charge >= 0.3 is 18.2 Å². The van der Waals surface area contributed by atoms with Crippen LogP contribution < -0.4 is 0 Å². The zero-order valence-electron chi connectivity index (χ0n) is 9.02. The van der Waals surface area contributed by atoms with E-state index in [1.807, 2.05) is 0 Å². The molecule has 1 rings (SSSR count). The summed E-state index contributed by atoms with van der Waals surface area (Å²) in [6.07, 6.45) is -3.80. The Hall–Kier alpha value is -2.19. The van der Waals surface area contributed by atoms with Crippen LogP contribution in [0.3, 0.4) is 0 Å². The van der Waals surface area contributed by atoms with Gasteiger partial charge in [-0.2, -0.15) is 4.39 Å². The van der Waals surface area contributed by atoms with Gasteiger partial charge in [-0.1, -0.05) is 0 Å². The Labute approximate surface area is 98.5 Å². The Morgan fingerprint density at radius 2 is 2.22 bits per heavy atom. The van der Waals surface area contributed by atoms with E-state index in [1.54, 1.807) is 0 Å². The number of rotatable bonds is 4. The van der Waals surface area contributed by atoms with Gasteiger partial charge in [0.1, 0.15) is 0 Å². The number of carbonyl (C=O) groups is 1. The molecule has 0 saturated carbocycles. The fourth-order valence-corrected chi connectivity index (χ4v) is 1.22. The Bertz CT molecular complexity index is 493. The number of alkyl halides is 2. The van der Waals surface area contributed by atoms with Crippen molar-refractivity contribution in [3.05, 3.63) is 33.3 Å². The number of halogens is 3. The van der Waals surface area contributed by atoms with E-state index in [9.17, 15) is 28.1 Å². The normalized spacial score (nSPS) is 10.5. The molecule has 0 spiro atoms. The van der Waals surface area contributed by atoms with Gasteiger partial charge in [-0.15, -0.1) is 0 Å². The average Bonchev–Trinajstić information content (AvgIpc) is 2.27. The van der Waals surface area contributed by atoms with E-state index < -0.39 is 46.6 Å². The highest BCUT2D eigenvalue weighted by Gasteiger charge is 2.28. The van der Waals surface area contributed by atoms with E-state index in [0.29, 0.717) is 6.07 Å². The number of hydrogen-bond acceptors (Lipinski definition) is 5. The molecule has 1 heterocycles. The van der Waals surface area contributed by atoms with Crippen molar-refractivity contribution in [2.75, 3.05) is 7.11 Å². The van der Waals surface area contributed by atoms with Crippen molar-refractivity contribution in [2.24, 2.45) is 0 Å². The predicted octanol–water partition coefficient (Wildman–Crippen LogP) is 1.78. The van der Waals surface area contributed by atoms with Crippen LogP contribution in [-0.2, 0) is 16.0 Å². The summed E-state index contributed by atoms with van der Waals surface area (Å²) in [6.45, 7) is 0. The minimum atomic E-state index is -3.16. The minimum absolute atomic E-state index is 0.444. The maximum absolute atomic E-state index is 13.2. The van der Waals surface area contributed by atoms with Gasteiger partial charge in [-0.05, 0) is 16.0 Å². The first kappa shape index (κ1) is 13.9. The molecule has 98 valence electrons. The van der Waals surface area contributed by atoms with Crippen molar-refractivity contribution >= 4 is 11.8 Å². The van der Waals surface area contributed by atoms with Gasteiger partial charge in [-0.25, -0.2) is 8.78 Å². The molecule has 0 aromatic carbocycles. The Morgan fingerprint density at radius 1 is 1.61 bits per heavy atom. The SMILES string of the molecule is COC(=O)Cc1cc(F)c([N+](=O)[O-])nc1C(F)F. The number of aromatic nitrogens is 1. The van der Waals surface area contributed by atoms with Crippen molar-refractivity contribution in [3.8, 4) is 0 Å². The van der Waals surface area contributed by atoms with Crippen LogP contribution in [0.5, 0.6) is 0 Å². The fraction of sp³-hybridized carbons (Fsp3) is 0.333. The van der Waals surface area contributed by atoms with Crippen LogP contribution in [-0.4, -0.2) is 23.0 Å². The largest absolute Gasteiger partial charge is 0.469 e. The molecule has 0 aliphatic rings. The first-order valence-corrected chi connectivity index (χ1v) is 4.55. The van der Waals surface area contributed by atoms with Crippen molar-refractivity contribution in [2.45, 2.75) is 12.8 Å². The molecule has 0 saturated heterocycles. The molecule has 0 fully saturated rings. The summed E-state index contributed by atoms with van der Waals surface area (Å²) >= 11 is 0. The second-order valence-electron chi connectivity index (χ2n) is 3.15. The van der Waals surface area contributed by atoms with Crippen LogP contribution in [0.15, 0.2) is 6.07 Å². The molecule has 9 heteroatoms. The topological polar surface area (TPSA) is 82.3 Å². The molecule has 0 unspecified atom stereocenters. The molecule has 0 radical (unpaired) electrons. The van der Waals surface area contributed by atoms with E-state index in [0.717, 1.165) is 7.11 Å². The number of methoxy groups -OCH3 is 1. The zero-order valence-corrected chi connectivity index (χ0v) is 9.02. The van der Waals surface area contributed by atoms with Gasteiger partial charge < -0.3 is 14.9 Å². The lowest BCUT2D eigenvalue weighted by atomic mass is 10.1. The number of esters is 1. The van der Waals surface area contributed by atoms with E-state index in [1.165, 1.54) is 0 Å². The zero-order chi connectivity index (χ0) is 13.9. The van der Waals surface area contributed by atoms with Gasteiger partial charge in [0, 0.05) is 5.56 Å². The third-order valence-electron chi connectivity index (χ3n) is 2.01. The maximum atomic E-state index is 13.2. The average molecular weight is 264 g/mol. The summed E-state index contributed by atoms with van der Waals surface area (Å²) < 4.78 is 42.6. The molecule has 0 aliphatic carbocycles. The van der Waals surface area contributed by atoms with Crippen LogP contribution in [0.25, 0.3) is 0 Å². The smallest absolute Gasteiger partial charge is 0.400 e. The number of carbonyl (C=O) groups excluding carboxylic acids is 1. The van der Waals surface area contributed by atoms with Crippen LogP contribution >= 0.6 is 0 Å². The lowest BCUT2D eigenvalue weighted by Gasteiger charge is -2.04. The van der Waals surface area contributed by atoms with Crippen LogP contribution in [0, 0.1) is 15.9 Å². The second-order valence-corrected chi connectivity index (χ2v) is 3.15. The number of nitrogens with zero attached hydrogens (tertiary/aromatic N) is 2. The lowest BCUT2D eigenvalue weighted by molar-refractivity contribution is -0.392. The molecular formula is C9H7F3N2O4. The molecule has 0 bridgehead atoms. The molecular weight excluding hydrogens is 257 g/mol. The predicted molar refractivity (Wildman–Crippen MR) is 51.5 cm³/mol. The molecule has 0 atom stereocenters. The first-order chi connectivity index (χ1) is 8.36. The molecule has 0 aliphatic heterocycles. The van der Waals surface area contributed by atoms with Crippen molar-refractivity contribution in [1.29, 1.82) is 0 Å². The summed E-state index contributed by atoms with van der Waals surface area (Å²) in [5.41, 5.74) is -1.45. The van der Waals surface area contributed by atoms with Crippen LogP contribution in [0.1, 0.15) is 17.7 Å². The summed E-state index contributed by atoms with van der Waals surface area (Å²) in [4.78, 5) is 23.0. The van der Waals surface area contributed by atoms with Crippen LogP contribution in [0.4, 0.5) is 19.0 Å². The molecule has 18 heavy (non-hydrogen) atoms. The molecule has 1 aromatic rings. The van der Waals surface area contributed by atoms with E-state index >= 15 is 0 Å². The molecule has 0 N–H and O–H groups in total. The quantitative estimate of drug-likeness (QED) is 0.470. The molecule has 0 amide bonds. The molecule has 1 aromatic heterocycles. The van der Waals surface area contributed by atoms with E-state index in [4.69, 9.17) is 0 Å². The fourth-order valence-electron chi connectivity index (χ4n) is 1.22. The van der Waals surface area contributed by atoms with Gasteiger partial charge in [-0.3, -0.25) is 4.79 Å². The number of pyridine rings is 1. The monoisotopic (exact) mass is 264 g/mol. The van der Waals surface area contributed by atoms with Crippen LogP contribution in [0.2, 0.25) is 0 Å². The lowest BCUT2D eigenvalue weighted by Crippen LogP contribution is -2.11. The highest BCUT2D eigenvalue weighted by Crippen LogP contribution is 2.26. The summed E-state index contributed by atoms with van der Waals surface area (Å²) in [5, 5.41) is 10.4. The third-order valence-corrected chi connectivity index (χ3v) is 2.01. The first-order valence-electron chi connectivity index (χ1n) is 4.55. The van der Waals surface area contributed by atoms with Gasteiger partial charge in [0.15, 0.2) is 0 Å². The van der Waals surface area contributed by atoms with Gasteiger partial charge in [0.05, 0.1) is 13.5 Å². The van der Waals surface area contributed by atoms with Crippen molar-refractivity contribution in [3.63, 3.8) is 0 Å². The van der Waals surface area contributed by atoms with Gasteiger partial charge in [0.25, 0.3) is 0 Å². The van der Waals surface area contributed by atoms with Crippen molar-refractivity contribution < 1.29 is 27.6 Å². The summed E-state index contributed by atoms with van der Waals surface area (Å²) in [5.74, 6) is -3.57. The van der Waals surface area contributed by atoms with Crippen molar-refractivity contribution in [1.82, 2.24) is 4.98 Å². The number of nitro groups is 1. The second kappa shape index (κ2) is 5.43. The maximum Gasteiger partial charge on any atom is 0.400 e. The standard InChI is InChI=1S/C9H7F3N2O4/c1-18-6(15)3-4-2-5(10)9(14(16)17)13-7(4)8(11)12/h2,8H,3H2,1H3. The number of ether oxygens (including phenoxy) is 1. The number of hydrogen-bond donors (Lipinski definition) is 0. The Kier molecular flexibility index (Phi) is 4.18. The van der Waals surface area contributed by atoms with E-state index in [-0.39, 0.29) is 0 Å². The van der Waals surface area contributed by atoms with E-state index in [2.05, 4.69) is 9.72 Å². The minimum Gasteiger partial charge on any atom is -0.469 e. The Morgan fingerprint density at radius 3 is 2.67 bits per heavy atom. The third kappa shape index (κ3) is 2.93. The molecule has 6 nitrogen and oxygen atoms in total. The summed E-state index contributed by atoms with van der Waals surface area (Å²) in [7, 11) is 1.03.